The summed E-state index contributed by atoms with van der Waals surface area (Å²) in [5.74, 6) is -0.550. The predicted molar refractivity (Wildman–Crippen MR) is 60.2 cm³/mol. The fraction of sp³-hybridized carbons (Fsp3) is 0.333. The van der Waals surface area contributed by atoms with Crippen molar-refractivity contribution in [3.8, 4) is 0 Å². The second-order valence-corrected chi connectivity index (χ2v) is 3.61. The number of aromatic nitrogens is 2. The molecule has 2 rings (SSSR count). The monoisotopic (exact) mass is 218 g/mol. The standard InChI is InChI=1S/C12H14N2O2/c1-3-16-12(15)9(2)10-8-14-7-5-4-6-11(14)13-10/h4-9H,3H2,1-2H3. The Hall–Kier alpha value is -1.84. The van der Waals surface area contributed by atoms with Crippen LogP contribution in [0.15, 0.2) is 30.6 Å². The molecule has 0 aliphatic carbocycles. The van der Waals surface area contributed by atoms with E-state index in [1.165, 1.54) is 0 Å². The second kappa shape index (κ2) is 4.35. The molecule has 84 valence electrons. The molecule has 2 aromatic heterocycles. The van der Waals surface area contributed by atoms with E-state index in [9.17, 15) is 4.79 Å². The summed E-state index contributed by atoms with van der Waals surface area (Å²) >= 11 is 0. The fourth-order valence-electron chi connectivity index (χ4n) is 1.55. The molecular formula is C12H14N2O2. The lowest BCUT2D eigenvalue weighted by Gasteiger charge is -2.06. The summed E-state index contributed by atoms with van der Waals surface area (Å²) < 4.78 is 6.86. The largest absolute Gasteiger partial charge is 0.465 e. The maximum atomic E-state index is 11.5. The van der Waals surface area contributed by atoms with Crippen LogP contribution in [0.3, 0.4) is 0 Å². The topological polar surface area (TPSA) is 43.6 Å². The van der Waals surface area contributed by atoms with Crippen molar-refractivity contribution >= 4 is 11.6 Å². The van der Waals surface area contributed by atoms with Crippen LogP contribution in [-0.4, -0.2) is 22.0 Å². The predicted octanol–water partition coefficient (Wildman–Crippen LogP) is 2.00. The zero-order chi connectivity index (χ0) is 11.5. The van der Waals surface area contributed by atoms with Crippen molar-refractivity contribution in [3.63, 3.8) is 0 Å². The summed E-state index contributed by atoms with van der Waals surface area (Å²) in [5, 5.41) is 0. The van der Waals surface area contributed by atoms with Crippen molar-refractivity contribution in [1.29, 1.82) is 0 Å². The number of rotatable bonds is 3. The normalized spacial score (nSPS) is 12.6. The van der Waals surface area contributed by atoms with Gasteiger partial charge in [0.05, 0.1) is 18.2 Å². The summed E-state index contributed by atoms with van der Waals surface area (Å²) in [6.45, 7) is 4.00. The molecule has 2 heterocycles. The Balaban J connectivity index is 2.29. The van der Waals surface area contributed by atoms with E-state index in [1.54, 1.807) is 13.8 Å². The van der Waals surface area contributed by atoms with E-state index >= 15 is 0 Å². The molecule has 0 fully saturated rings. The van der Waals surface area contributed by atoms with Crippen LogP contribution in [0.5, 0.6) is 0 Å². The smallest absolute Gasteiger partial charge is 0.314 e. The molecule has 0 bridgehead atoms. The van der Waals surface area contributed by atoms with Gasteiger partial charge in [-0.1, -0.05) is 6.07 Å². The Bertz CT molecular complexity index is 471. The number of carbonyl (C=O) groups is 1. The van der Waals surface area contributed by atoms with Crippen LogP contribution in [0.4, 0.5) is 0 Å². The molecule has 1 atom stereocenters. The number of hydrogen-bond acceptors (Lipinski definition) is 3. The average molecular weight is 218 g/mol. The first-order valence-electron chi connectivity index (χ1n) is 5.32. The van der Waals surface area contributed by atoms with Crippen LogP contribution in [0, 0.1) is 0 Å². The SMILES string of the molecule is CCOC(=O)C(C)c1cn2ccccc2n1. The molecule has 4 heteroatoms. The highest BCUT2D eigenvalue weighted by Crippen LogP contribution is 2.16. The van der Waals surface area contributed by atoms with Crippen molar-refractivity contribution in [3.05, 3.63) is 36.3 Å². The highest BCUT2D eigenvalue weighted by molar-refractivity contribution is 5.77. The van der Waals surface area contributed by atoms with Crippen LogP contribution in [0.1, 0.15) is 25.5 Å². The van der Waals surface area contributed by atoms with E-state index in [0.717, 1.165) is 11.3 Å². The Morgan fingerprint density at radius 3 is 3.06 bits per heavy atom. The molecule has 2 aromatic rings. The number of pyridine rings is 1. The van der Waals surface area contributed by atoms with E-state index in [4.69, 9.17) is 4.74 Å². The zero-order valence-corrected chi connectivity index (χ0v) is 9.38. The first kappa shape index (κ1) is 10.7. The highest BCUT2D eigenvalue weighted by Gasteiger charge is 2.19. The minimum absolute atomic E-state index is 0.231. The molecule has 0 aromatic carbocycles. The number of ether oxygens (including phenoxy) is 1. The van der Waals surface area contributed by atoms with E-state index < -0.39 is 0 Å². The summed E-state index contributed by atoms with van der Waals surface area (Å²) in [7, 11) is 0. The summed E-state index contributed by atoms with van der Waals surface area (Å²) in [6, 6.07) is 5.75. The summed E-state index contributed by atoms with van der Waals surface area (Å²) in [4.78, 5) is 15.9. The van der Waals surface area contributed by atoms with Gasteiger partial charge in [0, 0.05) is 12.4 Å². The molecule has 16 heavy (non-hydrogen) atoms. The van der Waals surface area contributed by atoms with Gasteiger partial charge in [0.25, 0.3) is 0 Å². The Morgan fingerprint density at radius 2 is 2.38 bits per heavy atom. The highest BCUT2D eigenvalue weighted by atomic mass is 16.5. The average Bonchev–Trinajstić information content (AvgIpc) is 2.71. The van der Waals surface area contributed by atoms with Gasteiger partial charge in [-0.15, -0.1) is 0 Å². The Kier molecular flexibility index (Phi) is 2.90. The van der Waals surface area contributed by atoms with Gasteiger partial charge in [-0.2, -0.15) is 0 Å². The van der Waals surface area contributed by atoms with Crippen molar-refractivity contribution in [1.82, 2.24) is 9.38 Å². The van der Waals surface area contributed by atoms with Gasteiger partial charge < -0.3 is 9.14 Å². The van der Waals surface area contributed by atoms with Gasteiger partial charge in [0.15, 0.2) is 0 Å². The van der Waals surface area contributed by atoms with Crippen LogP contribution in [0.25, 0.3) is 5.65 Å². The van der Waals surface area contributed by atoms with E-state index in [0.29, 0.717) is 6.61 Å². The minimum Gasteiger partial charge on any atom is -0.465 e. The number of fused-ring (bicyclic) bond motifs is 1. The van der Waals surface area contributed by atoms with Crippen LogP contribution >= 0.6 is 0 Å². The number of carbonyl (C=O) groups excluding carboxylic acids is 1. The molecule has 0 spiro atoms. The Labute approximate surface area is 93.9 Å². The molecule has 0 saturated heterocycles. The van der Waals surface area contributed by atoms with Gasteiger partial charge >= 0.3 is 5.97 Å². The molecule has 1 unspecified atom stereocenters. The first-order chi connectivity index (χ1) is 7.72. The molecule has 0 aliphatic rings. The summed E-state index contributed by atoms with van der Waals surface area (Å²) in [5.41, 5.74) is 1.58. The van der Waals surface area contributed by atoms with Crippen LogP contribution in [0.2, 0.25) is 0 Å². The second-order valence-electron chi connectivity index (χ2n) is 3.61. The van der Waals surface area contributed by atoms with E-state index in [2.05, 4.69) is 4.98 Å². The molecule has 0 aliphatic heterocycles. The fourth-order valence-corrected chi connectivity index (χ4v) is 1.55. The maximum absolute atomic E-state index is 11.5. The molecule has 0 amide bonds. The molecule has 4 nitrogen and oxygen atoms in total. The Morgan fingerprint density at radius 1 is 1.56 bits per heavy atom. The first-order valence-corrected chi connectivity index (χ1v) is 5.32. The number of nitrogens with zero attached hydrogens (tertiary/aromatic N) is 2. The maximum Gasteiger partial charge on any atom is 0.314 e. The third kappa shape index (κ3) is 1.91. The number of imidazole rings is 1. The van der Waals surface area contributed by atoms with Crippen LogP contribution in [-0.2, 0) is 9.53 Å². The lowest BCUT2D eigenvalue weighted by Crippen LogP contribution is -2.13. The molecule has 0 N–H and O–H groups in total. The van der Waals surface area contributed by atoms with Crippen molar-refractivity contribution in [2.75, 3.05) is 6.61 Å². The third-order valence-corrected chi connectivity index (χ3v) is 2.47. The minimum atomic E-state index is -0.320. The summed E-state index contributed by atoms with van der Waals surface area (Å²) in [6.07, 6.45) is 3.76. The number of esters is 1. The number of hydrogen-bond donors (Lipinski definition) is 0. The van der Waals surface area contributed by atoms with E-state index in [1.807, 2.05) is 35.0 Å². The van der Waals surface area contributed by atoms with Crippen LogP contribution < -0.4 is 0 Å². The lowest BCUT2D eigenvalue weighted by molar-refractivity contribution is -0.144. The molecular weight excluding hydrogens is 204 g/mol. The van der Waals surface area contributed by atoms with E-state index in [-0.39, 0.29) is 11.9 Å². The van der Waals surface area contributed by atoms with Crippen molar-refractivity contribution < 1.29 is 9.53 Å². The molecule has 0 saturated carbocycles. The third-order valence-electron chi connectivity index (χ3n) is 2.47. The van der Waals surface area contributed by atoms with Gasteiger partial charge in [-0.05, 0) is 26.0 Å². The van der Waals surface area contributed by atoms with Gasteiger partial charge in [0.1, 0.15) is 5.65 Å². The lowest BCUT2D eigenvalue weighted by atomic mass is 10.1. The van der Waals surface area contributed by atoms with Crippen molar-refractivity contribution in [2.24, 2.45) is 0 Å². The zero-order valence-electron chi connectivity index (χ0n) is 9.38. The molecule has 0 radical (unpaired) electrons. The van der Waals surface area contributed by atoms with Gasteiger partial charge in [-0.3, -0.25) is 4.79 Å². The van der Waals surface area contributed by atoms with Crippen molar-refractivity contribution in [2.45, 2.75) is 19.8 Å². The quantitative estimate of drug-likeness (QED) is 0.740. The van der Waals surface area contributed by atoms with Gasteiger partial charge in [0.2, 0.25) is 0 Å². The van der Waals surface area contributed by atoms with Gasteiger partial charge in [-0.25, -0.2) is 4.98 Å².